The molecule has 0 fully saturated rings. The predicted octanol–water partition coefficient (Wildman–Crippen LogP) is 2.22. The molecule has 1 N–H and O–H groups in total. The predicted molar refractivity (Wildman–Crippen MR) is 78.8 cm³/mol. The summed E-state index contributed by atoms with van der Waals surface area (Å²) in [7, 11) is -3.06. The molecule has 120 valence electrons. The first-order chi connectivity index (χ1) is 10.8. The fourth-order valence-corrected chi connectivity index (χ4v) is 3.31. The quantitative estimate of drug-likeness (QED) is 0.792. The second kappa shape index (κ2) is 5.20. The van der Waals surface area contributed by atoms with Crippen LogP contribution in [0.5, 0.6) is 0 Å². The molecule has 3 aromatic rings. The van der Waals surface area contributed by atoms with Crippen LogP contribution < -0.4 is 10.1 Å². The van der Waals surface area contributed by atoms with Crippen LogP contribution in [0.4, 0.5) is 14.5 Å². The minimum atomic E-state index is -4.16. The third-order valence-corrected chi connectivity index (χ3v) is 5.07. The fraction of sp³-hybridized carbons (Fsp3) is 0.0714. The molecule has 0 atom stereocenters. The molecule has 0 radical (unpaired) electrons. The van der Waals surface area contributed by atoms with Gasteiger partial charge in [0, 0.05) is 19.2 Å². The number of aromatic nitrogens is 1. The lowest BCUT2D eigenvalue weighted by Gasteiger charge is -2.20. The van der Waals surface area contributed by atoms with Crippen LogP contribution in [0.2, 0.25) is 0 Å². The molecule has 0 saturated carbocycles. The van der Waals surface area contributed by atoms with Gasteiger partial charge < -0.3 is 4.42 Å². The van der Waals surface area contributed by atoms with Crippen molar-refractivity contribution >= 4 is 26.8 Å². The van der Waals surface area contributed by atoms with Crippen LogP contribution in [0.3, 0.4) is 0 Å². The molecule has 9 heteroatoms. The summed E-state index contributed by atoms with van der Waals surface area (Å²) in [6, 6.07) is 6.22. The topological polar surface area (TPSA) is 83.4 Å². The molecule has 2 aromatic carbocycles. The van der Waals surface area contributed by atoms with E-state index in [0.29, 0.717) is 9.82 Å². The monoisotopic (exact) mass is 340 g/mol. The summed E-state index contributed by atoms with van der Waals surface area (Å²) >= 11 is 0. The van der Waals surface area contributed by atoms with E-state index in [1.807, 2.05) is 0 Å². The van der Waals surface area contributed by atoms with Gasteiger partial charge in [0.15, 0.2) is 5.58 Å². The van der Waals surface area contributed by atoms with Crippen molar-refractivity contribution in [2.24, 2.45) is 0 Å². The summed E-state index contributed by atoms with van der Waals surface area (Å²) in [4.78, 5) is 13.3. The number of aromatic amines is 1. The van der Waals surface area contributed by atoms with Crippen molar-refractivity contribution < 1.29 is 21.6 Å². The van der Waals surface area contributed by atoms with Crippen molar-refractivity contribution in [3.8, 4) is 0 Å². The van der Waals surface area contributed by atoms with Crippen molar-refractivity contribution in [1.82, 2.24) is 4.98 Å². The van der Waals surface area contributed by atoms with Crippen LogP contribution in [0, 0.1) is 11.6 Å². The van der Waals surface area contributed by atoms with E-state index in [1.165, 1.54) is 12.1 Å². The highest BCUT2D eigenvalue weighted by atomic mass is 32.2. The third-order valence-electron chi connectivity index (χ3n) is 3.30. The Hall–Kier alpha value is -2.68. The molecular weight excluding hydrogens is 330 g/mol. The summed E-state index contributed by atoms with van der Waals surface area (Å²) < 4.78 is 57.6. The average molecular weight is 340 g/mol. The van der Waals surface area contributed by atoms with Gasteiger partial charge >= 0.3 is 5.76 Å². The van der Waals surface area contributed by atoms with E-state index in [-0.39, 0.29) is 10.5 Å². The van der Waals surface area contributed by atoms with E-state index in [4.69, 9.17) is 4.42 Å². The standard InChI is InChI=1S/C14H10F2N2O4S/c1-18(12-6-8(15)2-4-10(12)16)23(20,21)9-3-5-11-13(7-9)22-14(19)17-11/h2-7H,1H3,(H,17,19). The van der Waals surface area contributed by atoms with Crippen molar-refractivity contribution in [2.45, 2.75) is 4.90 Å². The van der Waals surface area contributed by atoms with E-state index in [1.54, 1.807) is 0 Å². The Balaban J connectivity index is 2.11. The SMILES string of the molecule is CN(c1cc(F)ccc1F)S(=O)(=O)c1ccc2[nH]c(=O)oc2c1. The van der Waals surface area contributed by atoms with Crippen molar-refractivity contribution in [3.63, 3.8) is 0 Å². The maximum absolute atomic E-state index is 13.8. The Kier molecular flexibility index (Phi) is 3.44. The summed E-state index contributed by atoms with van der Waals surface area (Å²) in [5.74, 6) is -2.37. The molecule has 0 spiro atoms. The summed E-state index contributed by atoms with van der Waals surface area (Å²) in [6.45, 7) is 0. The number of fused-ring (bicyclic) bond motifs is 1. The number of benzene rings is 2. The van der Waals surface area contributed by atoms with Gasteiger partial charge in [-0.25, -0.2) is 22.0 Å². The summed E-state index contributed by atoms with van der Waals surface area (Å²) in [5.41, 5.74) is -0.0571. The number of nitrogens with one attached hydrogen (secondary N) is 1. The lowest BCUT2D eigenvalue weighted by atomic mass is 10.3. The van der Waals surface area contributed by atoms with Crippen molar-refractivity contribution in [2.75, 3.05) is 11.4 Å². The molecule has 0 aliphatic rings. The fourth-order valence-electron chi connectivity index (χ4n) is 2.10. The Labute approximate surface area is 129 Å². The number of sulfonamides is 1. The van der Waals surface area contributed by atoms with Gasteiger partial charge in [-0.2, -0.15) is 0 Å². The number of hydrogen-bond acceptors (Lipinski definition) is 4. The third kappa shape index (κ3) is 2.59. The molecule has 23 heavy (non-hydrogen) atoms. The summed E-state index contributed by atoms with van der Waals surface area (Å²) in [6.07, 6.45) is 0. The highest BCUT2D eigenvalue weighted by Gasteiger charge is 2.25. The van der Waals surface area contributed by atoms with Gasteiger partial charge in [-0.3, -0.25) is 9.29 Å². The zero-order valence-corrected chi connectivity index (χ0v) is 12.5. The van der Waals surface area contributed by atoms with E-state index >= 15 is 0 Å². The Morgan fingerprint density at radius 1 is 1.13 bits per heavy atom. The van der Waals surface area contributed by atoms with Gasteiger partial charge in [0.05, 0.1) is 16.1 Å². The van der Waals surface area contributed by atoms with Gasteiger partial charge in [0.25, 0.3) is 10.0 Å². The molecule has 1 heterocycles. The van der Waals surface area contributed by atoms with Crippen molar-refractivity contribution in [3.05, 3.63) is 58.6 Å². The Bertz CT molecular complexity index is 1060. The van der Waals surface area contributed by atoms with Gasteiger partial charge in [0.2, 0.25) is 0 Å². The maximum Gasteiger partial charge on any atom is 0.417 e. The lowest BCUT2D eigenvalue weighted by Crippen LogP contribution is -2.27. The number of nitrogens with zero attached hydrogens (tertiary/aromatic N) is 1. The molecule has 6 nitrogen and oxygen atoms in total. The van der Waals surface area contributed by atoms with E-state index in [9.17, 15) is 22.0 Å². The minimum Gasteiger partial charge on any atom is -0.408 e. The molecule has 0 amide bonds. The largest absolute Gasteiger partial charge is 0.417 e. The second-order valence-corrected chi connectivity index (χ2v) is 6.71. The number of rotatable bonds is 3. The van der Waals surface area contributed by atoms with Crippen LogP contribution in [-0.2, 0) is 10.0 Å². The first kappa shape index (κ1) is 15.2. The lowest BCUT2D eigenvalue weighted by molar-refractivity contribution is 0.553. The van der Waals surface area contributed by atoms with E-state index in [2.05, 4.69) is 4.98 Å². The molecule has 0 bridgehead atoms. The van der Waals surface area contributed by atoms with E-state index < -0.39 is 33.1 Å². The zero-order valence-electron chi connectivity index (χ0n) is 11.7. The molecule has 0 unspecified atom stereocenters. The van der Waals surface area contributed by atoms with Gasteiger partial charge in [-0.1, -0.05) is 0 Å². The molecule has 0 saturated heterocycles. The normalized spacial score (nSPS) is 11.8. The molecule has 3 rings (SSSR count). The zero-order chi connectivity index (χ0) is 16.8. The van der Waals surface area contributed by atoms with Crippen LogP contribution in [0.25, 0.3) is 11.1 Å². The molecule has 1 aromatic heterocycles. The Morgan fingerprint density at radius 2 is 1.87 bits per heavy atom. The molecule has 0 aliphatic carbocycles. The number of anilines is 1. The van der Waals surface area contributed by atoms with Crippen LogP contribution in [0.15, 0.2) is 50.5 Å². The number of oxazole rings is 1. The Morgan fingerprint density at radius 3 is 2.61 bits per heavy atom. The number of hydrogen-bond donors (Lipinski definition) is 1. The van der Waals surface area contributed by atoms with Crippen LogP contribution in [-0.4, -0.2) is 20.4 Å². The average Bonchev–Trinajstić information content (AvgIpc) is 2.88. The molecular formula is C14H10F2N2O4S. The highest BCUT2D eigenvalue weighted by molar-refractivity contribution is 7.92. The van der Waals surface area contributed by atoms with Crippen molar-refractivity contribution in [1.29, 1.82) is 0 Å². The van der Waals surface area contributed by atoms with Gasteiger partial charge in [-0.05, 0) is 24.3 Å². The van der Waals surface area contributed by atoms with Crippen LogP contribution in [0.1, 0.15) is 0 Å². The number of H-pyrrole nitrogens is 1. The first-order valence-corrected chi connectivity index (χ1v) is 7.80. The second-order valence-electron chi connectivity index (χ2n) is 4.74. The number of halogens is 2. The smallest absolute Gasteiger partial charge is 0.408 e. The summed E-state index contributed by atoms with van der Waals surface area (Å²) in [5, 5.41) is 0. The minimum absolute atomic E-state index is 0.0455. The highest BCUT2D eigenvalue weighted by Crippen LogP contribution is 2.26. The first-order valence-electron chi connectivity index (χ1n) is 6.36. The van der Waals surface area contributed by atoms with Gasteiger partial charge in [-0.15, -0.1) is 0 Å². The van der Waals surface area contributed by atoms with Crippen LogP contribution >= 0.6 is 0 Å². The van der Waals surface area contributed by atoms with E-state index in [0.717, 1.165) is 31.3 Å². The molecule has 0 aliphatic heterocycles. The van der Waals surface area contributed by atoms with Gasteiger partial charge in [0.1, 0.15) is 11.6 Å². The maximum atomic E-state index is 13.8.